The number of pyridine rings is 1. The van der Waals surface area contributed by atoms with Crippen LogP contribution < -0.4 is 10.4 Å². The van der Waals surface area contributed by atoms with Gasteiger partial charge < -0.3 is 9.36 Å². The fourth-order valence-corrected chi connectivity index (χ4v) is 8.53. The van der Waals surface area contributed by atoms with Crippen molar-refractivity contribution in [1.29, 1.82) is 0 Å². The van der Waals surface area contributed by atoms with Crippen LogP contribution in [0.5, 0.6) is 0 Å². The summed E-state index contributed by atoms with van der Waals surface area (Å²) in [6.07, 6.45) is 9.31. The number of hydrogen-bond donors (Lipinski definition) is 1. The number of imidazole rings is 1. The van der Waals surface area contributed by atoms with Crippen LogP contribution >= 0.6 is 0 Å². The smallest absolute Gasteiger partial charge is 0.258 e. The van der Waals surface area contributed by atoms with Crippen LogP contribution in [0.1, 0.15) is 26.0 Å². The lowest BCUT2D eigenvalue weighted by atomic mass is 10.1. The molecule has 4 nitrogen and oxygen atoms in total. The maximum absolute atomic E-state index is 12.4. The van der Waals surface area contributed by atoms with Gasteiger partial charge in [-0.15, -0.1) is 0 Å². The van der Waals surface area contributed by atoms with Gasteiger partial charge in [-0.25, -0.2) is 4.98 Å². The van der Waals surface area contributed by atoms with E-state index in [0.29, 0.717) is 0 Å². The zero-order chi connectivity index (χ0) is 23.6. The van der Waals surface area contributed by atoms with Gasteiger partial charge in [0.2, 0.25) is 0 Å². The summed E-state index contributed by atoms with van der Waals surface area (Å²) in [6, 6.07) is 28.8. The van der Waals surface area contributed by atoms with Gasteiger partial charge >= 0.3 is 0 Å². The van der Waals surface area contributed by atoms with Crippen molar-refractivity contribution in [3.8, 4) is 5.69 Å². The number of hydrogen-bond acceptors (Lipinski definition) is 3. The van der Waals surface area contributed by atoms with E-state index in [2.05, 4.69) is 77.0 Å². The van der Waals surface area contributed by atoms with Gasteiger partial charge in [0, 0.05) is 29.7 Å². The minimum atomic E-state index is -3.01. The average Bonchev–Trinajstić information content (AvgIpc) is 3.37. The molecule has 0 saturated heterocycles. The van der Waals surface area contributed by atoms with Gasteiger partial charge in [0.05, 0.1) is 12.0 Å². The minimum absolute atomic E-state index is 0.296. The summed E-state index contributed by atoms with van der Waals surface area (Å²) in [6.45, 7) is 4.40. The first kappa shape index (κ1) is 22.3. The van der Waals surface area contributed by atoms with Crippen molar-refractivity contribution >= 4 is 29.5 Å². The van der Waals surface area contributed by atoms with Crippen molar-refractivity contribution in [2.45, 2.75) is 31.7 Å². The number of rotatable bonds is 7. The van der Waals surface area contributed by atoms with E-state index in [4.69, 9.17) is 0 Å². The third-order valence-electron chi connectivity index (χ3n) is 6.93. The van der Waals surface area contributed by atoms with Crippen molar-refractivity contribution in [2.75, 3.05) is 0 Å². The molecule has 0 aliphatic heterocycles. The Labute approximate surface area is 201 Å². The lowest BCUT2D eigenvalue weighted by Crippen LogP contribution is -2.65. The molecule has 1 N–H and O–H groups in total. The molecular weight excluding hydrogens is 434 g/mol. The Bertz CT molecular complexity index is 1360. The molecule has 2 aromatic heterocycles. The summed E-state index contributed by atoms with van der Waals surface area (Å²) in [5, 5.41) is 4.07. The zero-order valence-corrected chi connectivity index (χ0v) is 20.6. The Kier molecular flexibility index (Phi) is 5.90. The first-order valence-electron chi connectivity index (χ1n) is 11.7. The quantitative estimate of drug-likeness (QED) is 0.350. The van der Waals surface area contributed by atoms with E-state index < -0.39 is 8.32 Å². The molecule has 0 aliphatic carbocycles. The van der Waals surface area contributed by atoms with Crippen LogP contribution in [0.3, 0.4) is 0 Å². The van der Waals surface area contributed by atoms with E-state index in [9.17, 15) is 4.80 Å². The standard InChI is InChI=1S/C29H29N3OSi/c1-29(2,34(33,27-9-5-3-6-10-27)28-11-7-4-8-12-28)17-15-25-21-32(22-31-25)26-14-13-24-20-30-18-16-23(24)19-26/h3-14,16,18-22,33H,15,17H2,1-2H3. The van der Waals surface area contributed by atoms with E-state index in [-0.39, 0.29) is 5.04 Å². The number of benzene rings is 3. The molecule has 5 heteroatoms. The maximum atomic E-state index is 12.4. The summed E-state index contributed by atoms with van der Waals surface area (Å²) >= 11 is 0. The van der Waals surface area contributed by atoms with Gasteiger partial charge in [-0.05, 0) is 51.8 Å². The number of aryl methyl sites for hydroxylation is 1. The van der Waals surface area contributed by atoms with Crippen molar-refractivity contribution in [3.63, 3.8) is 0 Å². The van der Waals surface area contributed by atoms with Crippen LogP contribution in [0.25, 0.3) is 16.5 Å². The van der Waals surface area contributed by atoms with Crippen LogP contribution in [0.4, 0.5) is 0 Å². The molecule has 0 aliphatic rings. The molecule has 0 unspecified atom stereocenters. The molecule has 2 heterocycles. The monoisotopic (exact) mass is 463 g/mol. The van der Waals surface area contributed by atoms with Gasteiger partial charge in [-0.3, -0.25) is 4.98 Å². The molecule has 3 aromatic carbocycles. The van der Waals surface area contributed by atoms with Gasteiger partial charge in [0.15, 0.2) is 0 Å². The highest BCUT2D eigenvalue weighted by molar-refractivity contribution is 6.98. The van der Waals surface area contributed by atoms with Crippen LogP contribution in [0, 0.1) is 0 Å². The van der Waals surface area contributed by atoms with Gasteiger partial charge in [-0.2, -0.15) is 0 Å². The second-order valence-electron chi connectivity index (χ2n) is 9.51. The molecule has 5 rings (SSSR count). The number of aromatic nitrogens is 3. The number of fused-ring (bicyclic) bond motifs is 1. The highest BCUT2D eigenvalue weighted by Crippen LogP contribution is 2.39. The Morgan fingerprint density at radius 2 is 1.53 bits per heavy atom. The van der Waals surface area contributed by atoms with Crippen molar-refractivity contribution in [3.05, 3.63) is 116 Å². The largest absolute Gasteiger partial charge is 0.424 e. The predicted octanol–water partition coefficient (Wildman–Crippen LogP) is 4.89. The average molecular weight is 464 g/mol. The highest BCUT2D eigenvalue weighted by atomic mass is 28.4. The molecule has 0 bridgehead atoms. The first-order valence-corrected chi connectivity index (χ1v) is 13.6. The normalized spacial score (nSPS) is 12.2. The SMILES string of the molecule is CC(C)(CCc1cn(-c2ccc3cnccc3c2)cn1)[Si](O)(c1ccccc1)c1ccccc1. The van der Waals surface area contributed by atoms with E-state index >= 15 is 0 Å². The van der Waals surface area contributed by atoms with Gasteiger partial charge in [0.25, 0.3) is 8.32 Å². The van der Waals surface area contributed by atoms with Crippen LogP contribution in [-0.2, 0) is 6.42 Å². The van der Waals surface area contributed by atoms with E-state index in [1.165, 1.54) is 0 Å². The molecular formula is C29H29N3OSi. The Balaban J connectivity index is 1.41. The minimum Gasteiger partial charge on any atom is -0.424 e. The first-order chi connectivity index (χ1) is 16.5. The molecule has 0 radical (unpaired) electrons. The van der Waals surface area contributed by atoms with E-state index in [1.54, 1.807) is 0 Å². The topological polar surface area (TPSA) is 50.9 Å². The van der Waals surface area contributed by atoms with Crippen LogP contribution in [0.2, 0.25) is 5.04 Å². The molecule has 34 heavy (non-hydrogen) atoms. The lowest BCUT2D eigenvalue weighted by Gasteiger charge is -2.41. The summed E-state index contributed by atoms with van der Waals surface area (Å²) < 4.78 is 2.07. The summed E-state index contributed by atoms with van der Waals surface area (Å²) in [7, 11) is -3.01. The van der Waals surface area contributed by atoms with Crippen molar-refractivity contribution in [2.24, 2.45) is 0 Å². The van der Waals surface area contributed by atoms with Gasteiger partial charge in [0.1, 0.15) is 0 Å². The second-order valence-corrected chi connectivity index (χ2v) is 13.4. The molecule has 0 saturated carbocycles. The van der Waals surface area contributed by atoms with Crippen molar-refractivity contribution < 1.29 is 4.80 Å². The molecule has 0 spiro atoms. The van der Waals surface area contributed by atoms with Crippen LogP contribution in [0.15, 0.2) is 110 Å². The third kappa shape index (κ3) is 4.09. The molecule has 0 amide bonds. The fourth-order valence-electron chi connectivity index (χ4n) is 4.79. The summed E-state index contributed by atoms with van der Waals surface area (Å²) in [4.78, 5) is 21.2. The molecule has 170 valence electrons. The predicted molar refractivity (Wildman–Crippen MR) is 141 cm³/mol. The van der Waals surface area contributed by atoms with Crippen LogP contribution in [-0.4, -0.2) is 27.6 Å². The van der Waals surface area contributed by atoms with Gasteiger partial charge in [-0.1, -0.05) is 80.6 Å². The molecule has 5 aromatic rings. The maximum Gasteiger partial charge on any atom is 0.258 e. The number of nitrogens with zero attached hydrogens (tertiary/aromatic N) is 3. The summed E-state index contributed by atoms with van der Waals surface area (Å²) in [5.74, 6) is 0. The Hall–Kier alpha value is -3.54. The van der Waals surface area contributed by atoms with E-state index in [1.807, 2.05) is 61.2 Å². The highest BCUT2D eigenvalue weighted by Gasteiger charge is 2.49. The van der Waals surface area contributed by atoms with Crippen molar-refractivity contribution in [1.82, 2.24) is 14.5 Å². The van der Waals surface area contributed by atoms with E-state index in [0.717, 1.165) is 45.4 Å². The second kappa shape index (κ2) is 9.01. The Morgan fingerprint density at radius 3 is 2.21 bits per heavy atom. The summed E-state index contributed by atoms with van der Waals surface area (Å²) in [5.41, 5.74) is 2.11. The Morgan fingerprint density at radius 1 is 0.853 bits per heavy atom. The third-order valence-corrected chi connectivity index (χ3v) is 11.5. The lowest BCUT2D eigenvalue weighted by molar-refractivity contribution is 0.465. The zero-order valence-electron chi connectivity index (χ0n) is 19.6. The molecule has 0 fully saturated rings. The fraction of sp³-hybridized carbons (Fsp3) is 0.172. The molecule has 0 atom stereocenters.